The summed E-state index contributed by atoms with van der Waals surface area (Å²) in [6, 6.07) is 5.68. The van der Waals surface area contributed by atoms with E-state index in [9.17, 15) is 9.59 Å². The summed E-state index contributed by atoms with van der Waals surface area (Å²) in [5.41, 5.74) is 11.7. The summed E-state index contributed by atoms with van der Waals surface area (Å²) in [6.07, 6.45) is 0. The number of carbonyl (C=O) groups is 2. The van der Waals surface area contributed by atoms with Crippen LogP contribution in [0.2, 0.25) is 0 Å². The quantitative estimate of drug-likeness (QED) is 0.291. The van der Waals surface area contributed by atoms with Crippen LogP contribution in [0.5, 0.6) is 11.5 Å². The average Bonchev–Trinajstić information content (AvgIpc) is 2.78. The van der Waals surface area contributed by atoms with Gasteiger partial charge in [0.1, 0.15) is 11.5 Å². The average molecular weight is 473 g/mol. The summed E-state index contributed by atoms with van der Waals surface area (Å²) in [5, 5.41) is 0. The summed E-state index contributed by atoms with van der Waals surface area (Å²) in [5.74, 6) is 0.231. The monoisotopic (exact) mass is 472 g/mol. The van der Waals surface area contributed by atoms with Crippen LogP contribution in [0.25, 0.3) is 0 Å². The second kappa shape index (κ2) is 9.69. The van der Waals surface area contributed by atoms with Gasteiger partial charge in [-0.1, -0.05) is 6.07 Å². The van der Waals surface area contributed by atoms with Crippen molar-refractivity contribution in [3.63, 3.8) is 0 Å². The van der Waals surface area contributed by atoms with Gasteiger partial charge in [-0.2, -0.15) is 0 Å². The number of hydrogen-bond donors (Lipinski definition) is 0. The van der Waals surface area contributed by atoms with Crippen molar-refractivity contribution in [3.8, 4) is 11.5 Å². The van der Waals surface area contributed by atoms with Gasteiger partial charge in [0.2, 0.25) is 0 Å². The number of ether oxygens (including phenoxy) is 2. The highest BCUT2D eigenvalue weighted by Gasteiger charge is 2.23. The van der Waals surface area contributed by atoms with Crippen LogP contribution < -0.4 is 9.47 Å². The zero-order valence-electron chi connectivity index (χ0n) is 22.9. The van der Waals surface area contributed by atoms with Crippen LogP contribution >= 0.6 is 0 Å². The minimum atomic E-state index is -0.410. The fourth-order valence-electron chi connectivity index (χ4n) is 4.65. The van der Waals surface area contributed by atoms with Crippen molar-refractivity contribution in [1.29, 1.82) is 0 Å². The highest BCUT2D eigenvalue weighted by atomic mass is 16.5. The van der Waals surface area contributed by atoms with Crippen LogP contribution in [-0.4, -0.2) is 11.9 Å². The van der Waals surface area contributed by atoms with Gasteiger partial charge in [0, 0.05) is 0 Å². The zero-order valence-corrected chi connectivity index (χ0v) is 22.9. The number of hydrogen-bond acceptors (Lipinski definition) is 4. The van der Waals surface area contributed by atoms with Gasteiger partial charge in [-0.3, -0.25) is 0 Å². The van der Waals surface area contributed by atoms with E-state index in [-0.39, 0.29) is 5.97 Å². The Hall–Kier alpha value is -3.40. The van der Waals surface area contributed by atoms with E-state index in [1.807, 2.05) is 81.4 Å². The fraction of sp³-hybridized carbons (Fsp3) is 0.355. The number of aryl methyl sites for hydroxylation is 4. The number of benzene rings is 3. The Bertz CT molecular complexity index is 1380. The maximum Gasteiger partial charge on any atom is 0.344 e. The molecular weight excluding hydrogens is 436 g/mol. The molecule has 0 unspecified atom stereocenters. The molecule has 3 aromatic carbocycles. The standard InChI is InChI=1S/C31H36O4/c1-15-12-17(3)28(24(10)20(15)6)30(32)35-27-14-18(4)29(25(11)23(27)9)31(33)34-26-13-16(2)19(5)21(7)22(26)8/h12-14H,1-11H3. The molecule has 0 atom stereocenters. The largest absolute Gasteiger partial charge is 0.423 e. The Morgan fingerprint density at radius 3 is 1.29 bits per heavy atom. The first-order chi connectivity index (χ1) is 16.3. The van der Waals surface area contributed by atoms with Gasteiger partial charge in [0.15, 0.2) is 0 Å². The number of esters is 2. The van der Waals surface area contributed by atoms with E-state index in [0.29, 0.717) is 28.2 Å². The molecule has 4 heteroatoms. The molecule has 184 valence electrons. The molecule has 0 saturated carbocycles. The first-order valence-electron chi connectivity index (χ1n) is 12.0. The van der Waals surface area contributed by atoms with Crippen molar-refractivity contribution in [3.05, 3.63) is 90.5 Å². The molecule has 0 saturated heterocycles. The lowest BCUT2D eigenvalue weighted by Gasteiger charge is -2.19. The summed E-state index contributed by atoms with van der Waals surface area (Å²) < 4.78 is 11.7. The van der Waals surface area contributed by atoms with Gasteiger partial charge in [-0.15, -0.1) is 0 Å². The molecule has 0 fully saturated rings. The molecule has 0 aliphatic heterocycles. The van der Waals surface area contributed by atoms with Gasteiger partial charge in [0.05, 0.1) is 11.1 Å². The normalized spacial score (nSPS) is 10.9. The minimum Gasteiger partial charge on any atom is -0.423 e. The van der Waals surface area contributed by atoms with Crippen molar-refractivity contribution in [1.82, 2.24) is 0 Å². The van der Waals surface area contributed by atoms with Gasteiger partial charge in [-0.25, -0.2) is 9.59 Å². The summed E-state index contributed by atoms with van der Waals surface area (Å²) in [6.45, 7) is 21.6. The van der Waals surface area contributed by atoms with Crippen molar-refractivity contribution < 1.29 is 19.1 Å². The topological polar surface area (TPSA) is 52.6 Å². The Labute approximate surface area is 209 Å². The second-order valence-corrected chi connectivity index (χ2v) is 9.80. The van der Waals surface area contributed by atoms with Crippen LogP contribution in [0.4, 0.5) is 0 Å². The molecule has 3 rings (SSSR count). The smallest absolute Gasteiger partial charge is 0.344 e. The highest BCUT2D eigenvalue weighted by molar-refractivity contribution is 5.97. The van der Waals surface area contributed by atoms with Crippen LogP contribution in [0.15, 0.2) is 18.2 Å². The van der Waals surface area contributed by atoms with Crippen LogP contribution in [0.1, 0.15) is 81.9 Å². The Kier molecular flexibility index (Phi) is 7.26. The molecular formula is C31H36O4. The SMILES string of the molecule is Cc1cc(OC(=O)c2c(C)cc(OC(=O)c3c(C)cc(C)c(C)c3C)c(C)c2C)c(C)c(C)c1C. The first kappa shape index (κ1) is 26.2. The molecule has 0 N–H and O–H groups in total. The maximum atomic E-state index is 13.3. The molecule has 0 aliphatic rings. The van der Waals surface area contributed by atoms with Crippen molar-refractivity contribution in [2.45, 2.75) is 76.2 Å². The predicted octanol–water partition coefficient (Wildman–Crippen LogP) is 7.52. The Morgan fingerprint density at radius 1 is 0.429 bits per heavy atom. The van der Waals surface area contributed by atoms with Crippen molar-refractivity contribution in [2.24, 2.45) is 0 Å². The predicted molar refractivity (Wildman–Crippen MR) is 141 cm³/mol. The summed E-state index contributed by atoms with van der Waals surface area (Å²) >= 11 is 0. The lowest BCUT2D eigenvalue weighted by atomic mass is 9.94. The molecule has 0 amide bonds. The van der Waals surface area contributed by atoms with E-state index in [0.717, 1.165) is 50.1 Å². The van der Waals surface area contributed by atoms with Crippen LogP contribution in [0, 0.1) is 76.2 Å². The van der Waals surface area contributed by atoms with Gasteiger partial charge in [-0.05, 0) is 149 Å². The fourth-order valence-corrected chi connectivity index (χ4v) is 4.65. The summed E-state index contributed by atoms with van der Waals surface area (Å²) in [7, 11) is 0. The molecule has 4 nitrogen and oxygen atoms in total. The van der Waals surface area contributed by atoms with Gasteiger partial charge >= 0.3 is 11.9 Å². The van der Waals surface area contributed by atoms with E-state index in [1.165, 1.54) is 5.56 Å². The highest BCUT2D eigenvalue weighted by Crippen LogP contribution is 2.32. The lowest BCUT2D eigenvalue weighted by molar-refractivity contribution is 0.0728. The Morgan fingerprint density at radius 2 is 0.771 bits per heavy atom. The zero-order chi connectivity index (χ0) is 26.4. The minimum absolute atomic E-state index is 0.387. The van der Waals surface area contributed by atoms with E-state index in [4.69, 9.17) is 9.47 Å². The number of rotatable bonds is 4. The second-order valence-electron chi connectivity index (χ2n) is 9.80. The summed E-state index contributed by atoms with van der Waals surface area (Å²) in [4.78, 5) is 26.4. The molecule has 0 spiro atoms. The molecule has 0 bridgehead atoms. The van der Waals surface area contributed by atoms with Crippen molar-refractivity contribution in [2.75, 3.05) is 0 Å². The van der Waals surface area contributed by atoms with E-state index in [1.54, 1.807) is 6.07 Å². The third-order valence-corrected chi connectivity index (χ3v) is 7.65. The molecule has 0 aliphatic carbocycles. The Balaban J connectivity index is 1.96. The molecule has 35 heavy (non-hydrogen) atoms. The van der Waals surface area contributed by atoms with E-state index in [2.05, 4.69) is 6.92 Å². The molecule has 0 aromatic heterocycles. The third-order valence-electron chi connectivity index (χ3n) is 7.65. The number of carbonyl (C=O) groups excluding carboxylic acids is 2. The van der Waals surface area contributed by atoms with Gasteiger partial charge in [0.25, 0.3) is 0 Å². The van der Waals surface area contributed by atoms with E-state index < -0.39 is 5.97 Å². The third kappa shape index (κ3) is 4.75. The lowest BCUT2D eigenvalue weighted by Crippen LogP contribution is -2.17. The molecule has 3 aromatic rings. The van der Waals surface area contributed by atoms with Crippen LogP contribution in [0.3, 0.4) is 0 Å². The maximum absolute atomic E-state index is 13.3. The molecule has 0 heterocycles. The molecule has 0 radical (unpaired) electrons. The first-order valence-corrected chi connectivity index (χ1v) is 12.0. The van der Waals surface area contributed by atoms with E-state index >= 15 is 0 Å². The van der Waals surface area contributed by atoms with Crippen molar-refractivity contribution >= 4 is 11.9 Å². The van der Waals surface area contributed by atoms with Gasteiger partial charge < -0.3 is 9.47 Å². The van der Waals surface area contributed by atoms with Crippen LogP contribution in [-0.2, 0) is 0 Å².